The van der Waals surface area contributed by atoms with Crippen LogP contribution in [0.4, 0.5) is 0 Å². The van der Waals surface area contributed by atoms with Gasteiger partial charge in [-0.15, -0.1) is 0 Å². The molecule has 6 heteroatoms. The predicted octanol–water partition coefficient (Wildman–Crippen LogP) is 2.82. The van der Waals surface area contributed by atoms with Gasteiger partial charge in [-0.05, 0) is 18.6 Å². The van der Waals surface area contributed by atoms with Gasteiger partial charge in [-0.3, -0.25) is 4.98 Å². The van der Waals surface area contributed by atoms with E-state index in [4.69, 9.17) is 4.74 Å². The number of para-hydroxylation sites is 1. The molecule has 0 aliphatic carbocycles. The molecule has 2 aromatic heterocycles. The van der Waals surface area contributed by atoms with Gasteiger partial charge in [-0.1, -0.05) is 18.2 Å². The molecule has 0 unspecified atom stereocenters. The second-order valence-electron chi connectivity index (χ2n) is 4.46. The van der Waals surface area contributed by atoms with Gasteiger partial charge >= 0.3 is 12.0 Å². The highest BCUT2D eigenvalue weighted by Gasteiger charge is 2.17. The zero-order chi connectivity index (χ0) is 14.8. The highest BCUT2D eigenvalue weighted by atomic mass is 16.5. The van der Waals surface area contributed by atoms with E-state index in [1.54, 1.807) is 36.7 Å². The Hall–Kier alpha value is -3.02. The lowest BCUT2D eigenvalue weighted by atomic mass is 10.1. The quantitative estimate of drug-likeness (QED) is 0.794. The highest BCUT2D eigenvalue weighted by molar-refractivity contribution is 6.04. The zero-order valence-corrected chi connectivity index (χ0v) is 11.1. The van der Waals surface area contributed by atoms with E-state index in [2.05, 4.69) is 15.0 Å². The van der Waals surface area contributed by atoms with E-state index in [9.17, 15) is 9.90 Å². The van der Waals surface area contributed by atoms with Crippen LogP contribution in [0.5, 0.6) is 11.8 Å². The molecule has 0 bridgehead atoms. The normalized spacial score (nSPS) is 10.5. The largest absolute Gasteiger partial charge is 0.478 e. The van der Waals surface area contributed by atoms with Crippen LogP contribution in [0, 0.1) is 6.92 Å². The maximum Gasteiger partial charge on any atom is 0.340 e. The first-order valence-corrected chi connectivity index (χ1v) is 6.22. The standard InChI is InChI=1S/C15H11N3O3/c1-9-6-17-15(18-7-9)21-12-8-16-11-5-3-2-4-10(11)13(12)14(19)20/h2-8H,1H3,(H,19,20). The molecule has 0 atom stereocenters. The number of hydrogen-bond donors (Lipinski definition) is 1. The average molecular weight is 281 g/mol. The van der Waals surface area contributed by atoms with E-state index < -0.39 is 5.97 Å². The summed E-state index contributed by atoms with van der Waals surface area (Å²) >= 11 is 0. The molecular formula is C15H11N3O3. The molecule has 0 aliphatic heterocycles. The summed E-state index contributed by atoms with van der Waals surface area (Å²) in [4.78, 5) is 23.7. The van der Waals surface area contributed by atoms with Crippen LogP contribution >= 0.6 is 0 Å². The Morgan fingerprint density at radius 1 is 1.10 bits per heavy atom. The van der Waals surface area contributed by atoms with Gasteiger partial charge in [-0.25, -0.2) is 14.8 Å². The number of carboxylic acids is 1. The molecule has 2 heterocycles. The summed E-state index contributed by atoms with van der Waals surface area (Å²) in [5, 5.41) is 9.95. The van der Waals surface area contributed by atoms with Crippen LogP contribution in [0.2, 0.25) is 0 Å². The topological polar surface area (TPSA) is 85.2 Å². The monoisotopic (exact) mass is 281 g/mol. The van der Waals surface area contributed by atoms with Gasteiger partial charge in [0.15, 0.2) is 5.75 Å². The number of hydrogen-bond acceptors (Lipinski definition) is 5. The molecule has 0 radical (unpaired) electrons. The van der Waals surface area contributed by atoms with Crippen molar-refractivity contribution in [3.8, 4) is 11.8 Å². The van der Waals surface area contributed by atoms with Crippen molar-refractivity contribution in [3.63, 3.8) is 0 Å². The van der Waals surface area contributed by atoms with E-state index in [1.165, 1.54) is 6.20 Å². The minimum Gasteiger partial charge on any atom is -0.478 e. The molecule has 0 amide bonds. The summed E-state index contributed by atoms with van der Waals surface area (Å²) in [5.74, 6) is -0.972. The maximum absolute atomic E-state index is 11.5. The Morgan fingerprint density at radius 2 is 1.81 bits per heavy atom. The molecule has 104 valence electrons. The van der Waals surface area contributed by atoms with E-state index in [0.29, 0.717) is 10.9 Å². The minimum absolute atomic E-state index is 0.0461. The van der Waals surface area contributed by atoms with Crippen molar-refractivity contribution in [2.24, 2.45) is 0 Å². The first-order valence-electron chi connectivity index (χ1n) is 6.22. The molecule has 3 rings (SSSR count). The van der Waals surface area contributed by atoms with Crippen LogP contribution in [0.1, 0.15) is 15.9 Å². The van der Waals surface area contributed by atoms with Gasteiger partial charge in [0.25, 0.3) is 0 Å². The lowest BCUT2D eigenvalue weighted by molar-refractivity contribution is 0.0696. The Balaban J connectivity index is 2.11. The Bertz CT molecular complexity index is 816. The fraction of sp³-hybridized carbons (Fsp3) is 0.0667. The lowest BCUT2D eigenvalue weighted by Crippen LogP contribution is -2.03. The number of aromatic nitrogens is 3. The number of pyridine rings is 1. The number of ether oxygens (including phenoxy) is 1. The Kier molecular flexibility index (Phi) is 3.19. The second-order valence-corrected chi connectivity index (χ2v) is 4.46. The number of aromatic carboxylic acids is 1. The minimum atomic E-state index is -1.09. The van der Waals surface area contributed by atoms with E-state index >= 15 is 0 Å². The summed E-state index contributed by atoms with van der Waals surface area (Å²) in [7, 11) is 0. The van der Waals surface area contributed by atoms with E-state index in [1.807, 2.05) is 6.92 Å². The second kappa shape index (κ2) is 5.16. The number of nitrogens with zero attached hydrogens (tertiary/aromatic N) is 3. The molecule has 0 saturated heterocycles. The van der Waals surface area contributed by atoms with Crippen LogP contribution in [-0.4, -0.2) is 26.0 Å². The first kappa shape index (κ1) is 13.0. The van der Waals surface area contributed by atoms with Crippen molar-refractivity contribution in [3.05, 3.63) is 54.0 Å². The number of fused-ring (bicyclic) bond motifs is 1. The average Bonchev–Trinajstić information content (AvgIpc) is 2.49. The van der Waals surface area contributed by atoms with Crippen molar-refractivity contribution in [2.45, 2.75) is 6.92 Å². The van der Waals surface area contributed by atoms with Crippen LogP contribution in [0.3, 0.4) is 0 Å². The van der Waals surface area contributed by atoms with Gasteiger partial charge in [0.05, 0.1) is 11.7 Å². The molecular weight excluding hydrogens is 270 g/mol. The van der Waals surface area contributed by atoms with Gasteiger partial charge in [0, 0.05) is 17.8 Å². The van der Waals surface area contributed by atoms with Crippen molar-refractivity contribution in [2.75, 3.05) is 0 Å². The number of carbonyl (C=O) groups is 1. The molecule has 0 saturated carbocycles. The fourth-order valence-corrected chi connectivity index (χ4v) is 1.95. The third-order valence-electron chi connectivity index (χ3n) is 2.91. The number of carboxylic acid groups (broad SMARTS) is 1. The van der Waals surface area contributed by atoms with Gasteiger partial charge < -0.3 is 9.84 Å². The number of rotatable bonds is 3. The predicted molar refractivity (Wildman–Crippen MR) is 75.5 cm³/mol. The Labute approximate surface area is 120 Å². The van der Waals surface area contributed by atoms with Crippen molar-refractivity contribution in [1.82, 2.24) is 15.0 Å². The lowest BCUT2D eigenvalue weighted by Gasteiger charge is -2.09. The van der Waals surface area contributed by atoms with Gasteiger partial charge in [-0.2, -0.15) is 0 Å². The molecule has 0 aliphatic rings. The smallest absolute Gasteiger partial charge is 0.340 e. The molecule has 6 nitrogen and oxygen atoms in total. The van der Waals surface area contributed by atoms with Crippen LogP contribution in [0.15, 0.2) is 42.9 Å². The third-order valence-corrected chi connectivity index (χ3v) is 2.91. The summed E-state index contributed by atoms with van der Waals surface area (Å²) in [6, 6.07) is 7.07. The van der Waals surface area contributed by atoms with E-state index in [-0.39, 0.29) is 17.3 Å². The molecule has 0 fully saturated rings. The zero-order valence-electron chi connectivity index (χ0n) is 11.1. The van der Waals surface area contributed by atoms with Crippen LogP contribution in [0.25, 0.3) is 10.9 Å². The number of benzene rings is 1. The van der Waals surface area contributed by atoms with Crippen LogP contribution in [-0.2, 0) is 0 Å². The summed E-state index contributed by atoms with van der Waals surface area (Å²) in [6.07, 6.45) is 4.56. The van der Waals surface area contributed by atoms with Gasteiger partial charge in [0.1, 0.15) is 5.56 Å². The summed E-state index contributed by atoms with van der Waals surface area (Å²) in [5.41, 5.74) is 1.52. The maximum atomic E-state index is 11.5. The first-order chi connectivity index (χ1) is 10.1. The summed E-state index contributed by atoms with van der Waals surface area (Å²) in [6.45, 7) is 1.85. The molecule has 3 aromatic rings. The van der Waals surface area contributed by atoms with Crippen LogP contribution < -0.4 is 4.74 Å². The fourth-order valence-electron chi connectivity index (χ4n) is 1.95. The van der Waals surface area contributed by atoms with Crippen molar-refractivity contribution >= 4 is 16.9 Å². The molecule has 1 N–H and O–H groups in total. The summed E-state index contributed by atoms with van der Waals surface area (Å²) < 4.78 is 5.47. The Morgan fingerprint density at radius 3 is 2.52 bits per heavy atom. The van der Waals surface area contributed by atoms with Crippen molar-refractivity contribution < 1.29 is 14.6 Å². The molecule has 1 aromatic carbocycles. The third kappa shape index (κ3) is 2.51. The highest BCUT2D eigenvalue weighted by Crippen LogP contribution is 2.28. The van der Waals surface area contributed by atoms with Gasteiger partial charge in [0.2, 0.25) is 0 Å². The SMILES string of the molecule is Cc1cnc(Oc2cnc3ccccc3c2C(=O)O)nc1. The number of aryl methyl sites for hydroxylation is 1. The van der Waals surface area contributed by atoms with Crippen molar-refractivity contribution in [1.29, 1.82) is 0 Å². The van der Waals surface area contributed by atoms with E-state index in [0.717, 1.165) is 5.56 Å². The molecule has 0 spiro atoms. The molecule has 21 heavy (non-hydrogen) atoms.